The summed E-state index contributed by atoms with van der Waals surface area (Å²) in [5.41, 5.74) is 6.43. The minimum Gasteiger partial charge on any atom is -0.347 e. The number of carbonyl (C=O) groups excluding carboxylic acids is 3. The lowest BCUT2D eigenvalue weighted by Gasteiger charge is -2.31. The Morgan fingerprint density at radius 3 is 2.45 bits per heavy atom. The van der Waals surface area contributed by atoms with Gasteiger partial charge >= 0.3 is 0 Å². The molecule has 1 saturated heterocycles. The van der Waals surface area contributed by atoms with Crippen molar-refractivity contribution in [3.05, 3.63) is 60.2 Å². The molecule has 1 fully saturated rings. The Balaban J connectivity index is 2.14. The summed E-state index contributed by atoms with van der Waals surface area (Å²) in [7, 11) is 0. The zero-order valence-corrected chi connectivity index (χ0v) is 20.0. The Kier molecular flexibility index (Phi) is 10.8. The maximum atomic E-state index is 13.3. The maximum absolute atomic E-state index is 13.3. The van der Waals surface area contributed by atoms with Gasteiger partial charge in [0.25, 0.3) is 0 Å². The lowest BCUT2D eigenvalue weighted by atomic mass is 10.0. The van der Waals surface area contributed by atoms with Gasteiger partial charge in [-0.15, -0.1) is 0 Å². The molecule has 1 aliphatic heterocycles. The van der Waals surface area contributed by atoms with Crippen molar-refractivity contribution in [3.8, 4) is 0 Å². The molecule has 7 heteroatoms. The predicted molar refractivity (Wildman–Crippen MR) is 131 cm³/mol. The third-order valence-corrected chi connectivity index (χ3v) is 5.78. The number of benzene rings is 1. The summed E-state index contributed by atoms with van der Waals surface area (Å²) in [5, 5.41) is 5.87. The predicted octanol–water partition coefficient (Wildman–Crippen LogP) is 2.85. The van der Waals surface area contributed by atoms with Gasteiger partial charge in [0.15, 0.2) is 0 Å². The van der Waals surface area contributed by atoms with Crippen LogP contribution in [0.25, 0.3) is 0 Å². The SMILES string of the molecule is CC/C=C\C=C/CC(NC(=O)[C@@H]1CCCN1C(=O)C(NC(=O)CN)C(C)C)c1ccccc1. The highest BCUT2D eigenvalue weighted by atomic mass is 16.2. The van der Waals surface area contributed by atoms with E-state index < -0.39 is 12.1 Å². The summed E-state index contributed by atoms with van der Waals surface area (Å²) >= 11 is 0. The number of hydrogen-bond acceptors (Lipinski definition) is 4. The summed E-state index contributed by atoms with van der Waals surface area (Å²) in [6.45, 7) is 6.14. The Hall–Kier alpha value is -2.93. The van der Waals surface area contributed by atoms with Crippen LogP contribution in [0.2, 0.25) is 0 Å². The molecule has 2 rings (SSSR count). The van der Waals surface area contributed by atoms with Crippen LogP contribution in [0.5, 0.6) is 0 Å². The second-order valence-corrected chi connectivity index (χ2v) is 8.66. The normalized spacial score (nSPS) is 18.1. The second kappa shape index (κ2) is 13.6. The molecule has 4 N–H and O–H groups in total. The molecule has 33 heavy (non-hydrogen) atoms. The van der Waals surface area contributed by atoms with Crippen LogP contribution in [-0.2, 0) is 14.4 Å². The first-order valence-corrected chi connectivity index (χ1v) is 11.9. The summed E-state index contributed by atoms with van der Waals surface area (Å²) < 4.78 is 0. The highest BCUT2D eigenvalue weighted by molar-refractivity contribution is 5.93. The van der Waals surface area contributed by atoms with Gasteiger partial charge in [0.1, 0.15) is 12.1 Å². The zero-order valence-electron chi connectivity index (χ0n) is 20.0. The van der Waals surface area contributed by atoms with Crippen LogP contribution in [0, 0.1) is 5.92 Å². The van der Waals surface area contributed by atoms with E-state index in [1.807, 2.05) is 62.4 Å². The summed E-state index contributed by atoms with van der Waals surface area (Å²) in [4.78, 5) is 40.0. The van der Waals surface area contributed by atoms with Gasteiger partial charge < -0.3 is 21.3 Å². The van der Waals surface area contributed by atoms with Crippen molar-refractivity contribution < 1.29 is 14.4 Å². The molecule has 0 bridgehead atoms. The Labute approximate surface area is 197 Å². The molecule has 1 aromatic rings. The molecule has 0 aromatic heterocycles. The topological polar surface area (TPSA) is 105 Å². The van der Waals surface area contributed by atoms with Crippen LogP contribution in [0.3, 0.4) is 0 Å². The van der Waals surface area contributed by atoms with Gasteiger partial charge in [-0.1, -0.05) is 75.4 Å². The molecule has 3 amide bonds. The highest BCUT2D eigenvalue weighted by Crippen LogP contribution is 2.23. The zero-order chi connectivity index (χ0) is 24.2. The molecule has 1 heterocycles. The van der Waals surface area contributed by atoms with Crippen LogP contribution in [-0.4, -0.2) is 47.8 Å². The molecule has 0 spiro atoms. The molecule has 180 valence electrons. The van der Waals surface area contributed by atoms with E-state index in [4.69, 9.17) is 5.73 Å². The van der Waals surface area contributed by atoms with Crippen molar-refractivity contribution in [2.45, 2.75) is 64.6 Å². The number of nitrogens with one attached hydrogen (secondary N) is 2. The molecule has 0 aliphatic carbocycles. The van der Waals surface area contributed by atoms with E-state index in [9.17, 15) is 14.4 Å². The van der Waals surface area contributed by atoms with Crippen LogP contribution in [0.15, 0.2) is 54.6 Å². The van der Waals surface area contributed by atoms with E-state index in [1.54, 1.807) is 4.90 Å². The van der Waals surface area contributed by atoms with Crippen molar-refractivity contribution in [2.75, 3.05) is 13.1 Å². The molecule has 0 radical (unpaired) electrons. The number of nitrogens with zero attached hydrogens (tertiary/aromatic N) is 1. The first kappa shape index (κ1) is 26.3. The quantitative estimate of drug-likeness (QED) is 0.447. The van der Waals surface area contributed by atoms with E-state index in [1.165, 1.54) is 0 Å². The van der Waals surface area contributed by atoms with Gasteiger partial charge in [-0.25, -0.2) is 0 Å². The average molecular weight is 455 g/mol. The van der Waals surface area contributed by atoms with Crippen molar-refractivity contribution >= 4 is 17.7 Å². The number of amides is 3. The van der Waals surface area contributed by atoms with Crippen LogP contribution < -0.4 is 16.4 Å². The number of rotatable bonds is 11. The molecular weight excluding hydrogens is 416 g/mol. The number of nitrogens with two attached hydrogens (primary N) is 1. The Bertz CT molecular complexity index is 835. The van der Waals surface area contributed by atoms with Gasteiger partial charge in [0.2, 0.25) is 17.7 Å². The Morgan fingerprint density at radius 2 is 1.82 bits per heavy atom. The third-order valence-electron chi connectivity index (χ3n) is 5.78. The fourth-order valence-electron chi connectivity index (χ4n) is 3.97. The van der Waals surface area contributed by atoms with Crippen molar-refractivity contribution in [1.29, 1.82) is 0 Å². The fourth-order valence-corrected chi connectivity index (χ4v) is 3.97. The third kappa shape index (κ3) is 7.86. The van der Waals surface area contributed by atoms with Gasteiger partial charge in [0, 0.05) is 6.54 Å². The summed E-state index contributed by atoms with van der Waals surface area (Å²) in [5.74, 6) is -0.892. The van der Waals surface area contributed by atoms with E-state index in [0.29, 0.717) is 19.4 Å². The first-order valence-electron chi connectivity index (χ1n) is 11.9. The number of likely N-dealkylation sites (tertiary alicyclic amines) is 1. The van der Waals surface area contributed by atoms with Crippen LogP contribution in [0.4, 0.5) is 0 Å². The molecule has 3 atom stereocenters. The van der Waals surface area contributed by atoms with E-state index in [0.717, 1.165) is 18.4 Å². The minimum atomic E-state index is -0.701. The van der Waals surface area contributed by atoms with Crippen molar-refractivity contribution in [1.82, 2.24) is 15.5 Å². The van der Waals surface area contributed by atoms with Crippen molar-refractivity contribution in [2.24, 2.45) is 11.7 Å². The van der Waals surface area contributed by atoms with Gasteiger partial charge in [0.05, 0.1) is 12.6 Å². The highest BCUT2D eigenvalue weighted by Gasteiger charge is 2.39. The number of hydrogen-bond donors (Lipinski definition) is 3. The van der Waals surface area contributed by atoms with Crippen LogP contribution >= 0.6 is 0 Å². The lowest BCUT2D eigenvalue weighted by Crippen LogP contribution is -2.56. The van der Waals surface area contributed by atoms with E-state index in [2.05, 4.69) is 23.6 Å². The summed E-state index contributed by atoms with van der Waals surface area (Å²) in [6, 6.07) is 8.39. The molecule has 1 aromatic carbocycles. The lowest BCUT2D eigenvalue weighted by molar-refractivity contribution is -0.142. The second-order valence-electron chi connectivity index (χ2n) is 8.66. The molecular formula is C26H38N4O3. The minimum absolute atomic E-state index is 0.115. The molecule has 1 aliphatic rings. The van der Waals surface area contributed by atoms with Gasteiger partial charge in [-0.3, -0.25) is 14.4 Å². The molecule has 2 unspecified atom stereocenters. The monoisotopic (exact) mass is 454 g/mol. The first-order chi connectivity index (χ1) is 15.9. The number of carbonyl (C=O) groups is 3. The van der Waals surface area contributed by atoms with Gasteiger partial charge in [-0.2, -0.15) is 0 Å². The van der Waals surface area contributed by atoms with Crippen molar-refractivity contribution in [3.63, 3.8) is 0 Å². The van der Waals surface area contributed by atoms with Gasteiger partial charge in [-0.05, 0) is 37.2 Å². The van der Waals surface area contributed by atoms with E-state index >= 15 is 0 Å². The standard InChI is InChI=1S/C26H38N4O3/c1-4-5-6-7-11-15-21(20-13-9-8-10-14-20)28-25(32)22-16-12-17-30(22)26(33)24(19(2)3)29-23(31)18-27/h5-11,13-14,19,21-22,24H,4,12,15-18,27H2,1-3H3,(H,28,32)(H,29,31)/b6-5-,11-7-/t21?,22-,24?/m0/s1. The number of allylic oxidation sites excluding steroid dienone is 3. The molecule has 7 nitrogen and oxygen atoms in total. The smallest absolute Gasteiger partial charge is 0.246 e. The molecule has 0 saturated carbocycles. The fraction of sp³-hybridized carbons (Fsp3) is 0.500. The Morgan fingerprint density at radius 1 is 1.12 bits per heavy atom. The summed E-state index contributed by atoms with van der Waals surface area (Å²) in [6.07, 6.45) is 11.1. The largest absolute Gasteiger partial charge is 0.347 e. The van der Waals surface area contributed by atoms with Crippen LogP contribution in [0.1, 0.15) is 58.1 Å². The van der Waals surface area contributed by atoms with E-state index in [-0.39, 0.29) is 36.2 Å². The maximum Gasteiger partial charge on any atom is 0.246 e. The average Bonchev–Trinajstić information content (AvgIpc) is 3.31.